The number of pyridine rings is 1. The predicted molar refractivity (Wildman–Crippen MR) is 136 cm³/mol. The molecule has 0 spiro atoms. The van der Waals surface area contributed by atoms with Crippen molar-refractivity contribution in [2.45, 2.75) is 58.0 Å². The van der Waals surface area contributed by atoms with Gasteiger partial charge >= 0.3 is 5.97 Å². The van der Waals surface area contributed by atoms with Crippen LogP contribution in [-0.4, -0.2) is 46.6 Å². The fourth-order valence-corrected chi connectivity index (χ4v) is 3.96. The summed E-state index contributed by atoms with van der Waals surface area (Å²) in [4.78, 5) is 25.8. The van der Waals surface area contributed by atoms with Crippen LogP contribution < -0.4 is 5.32 Å². The molecule has 0 radical (unpaired) electrons. The Balaban J connectivity index is 1.48. The minimum Gasteiger partial charge on any atom is -0.480 e. The van der Waals surface area contributed by atoms with Crippen LogP contribution in [0.25, 0.3) is 22.6 Å². The maximum Gasteiger partial charge on any atom is 0.329 e. The van der Waals surface area contributed by atoms with E-state index >= 15 is 0 Å². The highest BCUT2D eigenvalue weighted by Gasteiger charge is 2.51. The second-order valence-corrected chi connectivity index (χ2v) is 10.4. The van der Waals surface area contributed by atoms with E-state index in [1.54, 1.807) is 4.68 Å². The lowest BCUT2D eigenvalue weighted by Gasteiger charge is -2.18. The number of aliphatic carboxylic acids is 1. The van der Waals surface area contributed by atoms with Crippen molar-refractivity contribution < 1.29 is 9.90 Å². The Kier molecular flexibility index (Phi) is 5.78. The van der Waals surface area contributed by atoms with Crippen molar-refractivity contribution in [2.75, 3.05) is 5.32 Å². The van der Waals surface area contributed by atoms with Crippen LogP contribution in [0, 0.1) is 6.92 Å². The Morgan fingerprint density at radius 3 is 2.47 bits per heavy atom. The first kappa shape index (κ1) is 23.6. The lowest BCUT2D eigenvalue weighted by atomic mass is 9.91. The fourth-order valence-electron chi connectivity index (χ4n) is 3.96. The van der Waals surface area contributed by atoms with Gasteiger partial charge in [0, 0.05) is 16.7 Å². The summed E-state index contributed by atoms with van der Waals surface area (Å²) in [5, 5.41) is 21.3. The van der Waals surface area contributed by atoms with Crippen molar-refractivity contribution in [3.05, 3.63) is 71.7 Å². The molecule has 1 aliphatic carbocycles. The number of hydrogen-bond donors (Lipinski definition) is 2. The van der Waals surface area contributed by atoms with Gasteiger partial charge in [-0.25, -0.2) is 19.4 Å². The molecule has 0 amide bonds. The zero-order valence-corrected chi connectivity index (χ0v) is 20.9. The quantitative estimate of drug-likeness (QED) is 0.395. The van der Waals surface area contributed by atoms with E-state index in [2.05, 4.69) is 46.4 Å². The molecule has 0 bridgehead atoms. The number of carboxylic acids is 1. The fraction of sp³-hybridized carbons (Fsp3) is 0.333. The Labute approximate surface area is 209 Å². The minimum absolute atomic E-state index is 0.0467. The summed E-state index contributed by atoms with van der Waals surface area (Å²) >= 11 is 0. The van der Waals surface area contributed by atoms with Crippen LogP contribution >= 0.6 is 0 Å². The molecule has 1 aromatic carbocycles. The third kappa shape index (κ3) is 4.95. The van der Waals surface area contributed by atoms with Gasteiger partial charge in [-0.3, -0.25) is 4.98 Å². The second-order valence-electron chi connectivity index (χ2n) is 10.4. The smallest absolute Gasteiger partial charge is 0.329 e. The first-order valence-electron chi connectivity index (χ1n) is 12.0. The second kappa shape index (κ2) is 8.82. The molecule has 1 aliphatic rings. The average molecular weight is 484 g/mol. The first-order valence-corrected chi connectivity index (χ1v) is 12.0. The highest BCUT2D eigenvalue weighted by atomic mass is 16.4. The van der Waals surface area contributed by atoms with Crippen LogP contribution in [-0.2, 0) is 16.8 Å². The first-order chi connectivity index (χ1) is 17.1. The normalized spacial score (nSPS) is 14.4. The number of carbonyl (C=O) groups is 1. The number of hydrogen-bond acceptors (Lipinski definition) is 7. The molecule has 9 nitrogen and oxygen atoms in total. The molecule has 3 heterocycles. The van der Waals surface area contributed by atoms with E-state index in [4.69, 9.17) is 4.98 Å². The summed E-state index contributed by atoms with van der Waals surface area (Å²) in [6.45, 7) is 8.89. The standard InChI is InChI=1S/C27H29N7O2/c1-17-7-5-8-18(13-17)20-14-21(30-25(29-20)31-27(11-12-27)24(35)36)22-16-34(33-32-22)15-19-9-6-10-23(28-19)26(2,3)4/h5-10,13-14,16H,11-12,15H2,1-4H3,(H,35,36)(H,29,30,31). The number of rotatable bonds is 7. The predicted octanol–water partition coefficient (Wildman–Crippen LogP) is 4.48. The molecule has 184 valence electrons. The highest BCUT2D eigenvalue weighted by molar-refractivity contribution is 5.86. The van der Waals surface area contributed by atoms with E-state index in [0.717, 1.165) is 22.5 Å². The molecule has 4 aromatic rings. The van der Waals surface area contributed by atoms with E-state index in [-0.39, 0.29) is 11.4 Å². The van der Waals surface area contributed by atoms with Crippen LogP contribution in [0.15, 0.2) is 54.7 Å². The minimum atomic E-state index is -1.01. The molecule has 1 saturated carbocycles. The Morgan fingerprint density at radius 1 is 1.03 bits per heavy atom. The Hall–Kier alpha value is -4.14. The summed E-state index contributed by atoms with van der Waals surface area (Å²) in [6.07, 6.45) is 2.89. The maximum atomic E-state index is 11.8. The largest absolute Gasteiger partial charge is 0.480 e. The highest BCUT2D eigenvalue weighted by Crippen LogP contribution is 2.39. The van der Waals surface area contributed by atoms with Gasteiger partial charge in [0.2, 0.25) is 5.95 Å². The SMILES string of the molecule is Cc1cccc(-c2cc(-c3cn(Cc4cccc(C(C)(C)C)n4)nn3)nc(NC3(C(=O)O)CC3)n2)c1. The van der Waals surface area contributed by atoms with Gasteiger partial charge in [-0.05, 0) is 44.0 Å². The van der Waals surface area contributed by atoms with Gasteiger partial charge < -0.3 is 10.4 Å². The number of benzene rings is 1. The summed E-state index contributed by atoms with van der Waals surface area (Å²) in [6, 6.07) is 15.8. The molecule has 0 unspecified atom stereocenters. The van der Waals surface area contributed by atoms with Gasteiger partial charge in [0.05, 0.1) is 29.8 Å². The van der Waals surface area contributed by atoms with Crippen LogP contribution in [0.3, 0.4) is 0 Å². The molecule has 1 fully saturated rings. The number of aryl methyl sites for hydroxylation is 1. The lowest BCUT2D eigenvalue weighted by molar-refractivity contribution is -0.138. The van der Waals surface area contributed by atoms with Crippen LogP contribution in [0.4, 0.5) is 5.95 Å². The molecular weight excluding hydrogens is 454 g/mol. The molecule has 0 aliphatic heterocycles. The van der Waals surface area contributed by atoms with E-state index in [1.807, 2.05) is 61.7 Å². The van der Waals surface area contributed by atoms with Gasteiger partial charge in [0.1, 0.15) is 11.2 Å². The number of anilines is 1. The van der Waals surface area contributed by atoms with Crippen molar-refractivity contribution in [1.29, 1.82) is 0 Å². The molecule has 2 N–H and O–H groups in total. The number of nitrogens with zero attached hydrogens (tertiary/aromatic N) is 6. The third-order valence-corrected chi connectivity index (χ3v) is 6.25. The summed E-state index contributed by atoms with van der Waals surface area (Å²) in [5.74, 6) is -0.637. The van der Waals surface area contributed by atoms with Crippen molar-refractivity contribution in [3.8, 4) is 22.6 Å². The van der Waals surface area contributed by atoms with Gasteiger partial charge in [0.15, 0.2) is 0 Å². The van der Waals surface area contributed by atoms with Crippen LogP contribution in [0.2, 0.25) is 0 Å². The van der Waals surface area contributed by atoms with Gasteiger partial charge in [-0.1, -0.05) is 55.8 Å². The van der Waals surface area contributed by atoms with Crippen molar-refractivity contribution >= 4 is 11.9 Å². The van der Waals surface area contributed by atoms with Gasteiger partial charge in [-0.2, -0.15) is 0 Å². The molecular formula is C27H29N7O2. The van der Waals surface area contributed by atoms with Crippen molar-refractivity contribution in [3.63, 3.8) is 0 Å². The average Bonchev–Trinajstić information content (AvgIpc) is 3.47. The van der Waals surface area contributed by atoms with Crippen molar-refractivity contribution in [1.82, 2.24) is 29.9 Å². The van der Waals surface area contributed by atoms with E-state index in [0.29, 0.717) is 36.5 Å². The zero-order valence-electron chi connectivity index (χ0n) is 20.9. The number of carboxylic acid groups (broad SMARTS) is 1. The number of aromatic nitrogens is 6. The summed E-state index contributed by atoms with van der Waals surface area (Å²) in [7, 11) is 0. The van der Waals surface area contributed by atoms with Gasteiger partial charge in [-0.15, -0.1) is 5.10 Å². The monoisotopic (exact) mass is 483 g/mol. The van der Waals surface area contributed by atoms with Crippen LogP contribution in [0.5, 0.6) is 0 Å². The van der Waals surface area contributed by atoms with Crippen molar-refractivity contribution in [2.24, 2.45) is 0 Å². The van der Waals surface area contributed by atoms with Crippen LogP contribution in [0.1, 0.15) is 50.6 Å². The lowest BCUT2D eigenvalue weighted by Crippen LogP contribution is -2.32. The third-order valence-electron chi connectivity index (χ3n) is 6.25. The molecule has 0 atom stereocenters. The van der Waals surface area contributed by atoms with Gasteiger partial charge in [0.25, 0.3) is 0 Å². The summed E-state index contributed by atoms with van der Waals surface area (Å²) < 4.78 is 1.73. The molecule has 9 heteroatoms. The topological polar surface area (TPSA) is 119 Å². The molecule has 0 saturated heterocycles. The Morgan fingerprint density at radius 2 is 1.78 bits per heavy atom. The number of nitrogens with one attached hydrogen (secondary N) is 1. The van der Waals surface area contributed by atoms with E-state index in [9.17, 15) is 9.90 Å². The van der Waals surface area contributed by atoms with E-state index in [1.165, 1.54) is 0 Å². The van der Waals surface area contributed by atoms with E-state index < -0.39 is 11.5 Å². The Bertz CT molecular complexity index is 1430. The summed E-state index contributed by atoms with van der Waals surface area (Å²) in [5.41, 5.74) is 4.68. The molecule has 5 rings (SSSR count). The molecule has 36 heavy (non-hydrogen) atoms. The zero-order chi connectivity index (χ0) is 25.5. The maximum absolute atomic E-state index is 11.8. The molecule has 3 aromatic heterocycles.